The molecular weight excluding hydrogens is 332 g/mol. The molecular formula is C20H16N2O2S. The lowest BCUT2D eigenvalue weighted by Gasteiger charge is -2.23. The minimum atomic E-state index is 0.0580. The third-order valence-electron chi connectivity index (χ3n) is 4.76. The van der Waals surface area contributed by atoms with Crippen LogP contribution in [-0.2, 0) is 17.7 Å². The molecule has 2 aliphatic heterocycles. The fraction of sp³-hybridized carbons (Fsp3) is 0.200. The number of thiophene rings is 1. The largest absolute Gasteiger partial charge is 0.475 e. The monoisotopic (exact) mass is 348 g/mol. The molecule has 0 atom stereocenters. The molecule has 3 aromatic rings. The number of pyridine rings is 1. The highest BCUT2D eigenvalue weighted by Crippen LogP contribution is 2.37. The molecule has 4 heterocycles. The number of hydrogen-bond acceptors (Lipinski definition) is 4. The highest BCUT2D eigenvalue weighted by Gasteiger charge is 2.27. The van der Waals surface area contributed by atoms with Crippen LogP contribution in [0.3, 0.4) is 0 Å². The van der Waals surface area contributed by atoms with E-state index in [9.17, 15) is 4.79 Å². The summed E-state index contributed by atoms with van der Waals surface area (Å²) < 4.78 is 7.67. The molecule has 1 aromatic carbocycles. The van der Waals surface area contributed by atoms with Crippen LogP contribution in [0.1, 0.15) is 11.1 Å². The summed E-state index contributed by atoms with van der Waals surface area (Å²) in [6.07, 6.45) is 0.886. The van der Waals surface area contributed by atoms with Gasteiger partial charge in [0.05, 0.1) is 22.7 Å². The van der Waals surface area contributed by atoms with E-state index < -0.39 is 0 Å². The first-order valence-electron chi connectivity index (χ1n) is 8.40. The average Bonchev–Trinajstić information content (AvgIpc) is 3.34. The zero-order valence-corrected chi connectivity index (χ0v) is 14.4. The molecule has 4 nitrogen and oxygen atoms in total. The van der Waals surface area contributed by atoms with Gasteiger partial charge in [-0.05, 0) is 35.1 Å². The number of aromatic nitrogens is 1. The Morgan fingerprint density at radius 3 is 2.80 bits per heavy atom. The molecule has 0 N–H and O–H groups in total. The molecule has 25 heavy (non-hydrogen) atoms. The molecule has 124 valence electrons. The minimum absolute atomic E-state index is 0.0580. The second-order valence-corrected chi connectivity index (χ2v) is 7.12. The van der Waals surface area contributed by atoms with E-state index in [-0.39, 0.29) is 5.56 Å². The fourth-order valence-electron chi connectivity index (χ4n) is 3.58. The second kappa shape index (κ2) is 5.70. The van der Waals surface area contributed by atoms with Gasteiger partial charge < -0.3 is 9.30 Å². The smallest absolute Gasteiger partial charge is 0.258 e. The van der Waals surface area contributed by atoms with Crippen molar-refractivity contribution in [3.63, 3.8) is 0 Å². The van der Waals surface area contributed by atoms with Gasteiger partial charge in [0.1, 0.15) is 6.61 Å². The molecule has 0 saturated heterocycles. The van der Waals surface area contributed by atoms with Gasteiger partial charge in [-0.3, -0.25) is 4.79 Å². The van der Waals surface area contributed by atoms with Crippen molar-refractivity contribution < 1.29 is 4.74 Å². The van der Waals surface area contributed by atoms with Crippen LogP contribution in [0, 0.1) is 0 Å². The standard InChI is InChI=1S/C20H16N2O2S/c23-20-15(13-4-2-1-3-5-13)12-16(19-21-8-10-24-19)17-18-14(7-11-25-18)6-9-22(17)20/h1-5,7,11-12H,6,8-10H2. The molecule has 0 unspecified atom stereocenters. The van der Waals surface area contributed by atoms with E-state index in [1.54, 1.807) is 11.3 Å². The van der Waals surface area contributed by atoms with Crippen LogP contribution in [-0.4, -0.2) is 23.6 Å². The van der Waals surface area contributed by atoms with Crippen molar-refractivity contribution in [2.45, 2.75) is 13.0 Å². The Bertz CT molecular complexity index is 1050. The number of aryl methyl sites for hydroxylation is 1. The van der Waals surface area contributed by atoms with Crippen LogP contribution in [0.2, 0.25) is 0 Å². The van der Waals surface area contributed by atoms with Crippen LogP contribution in [0.25, 0.3) is 21.7 Å². The van der Waals surface area contributed by atoms with Crippen molar-refractivity contribution in [2.75, 3.05) is 13.2 Å². The van der Waals surface area contributed by atoms with E-state index in [1.807, 2.05) is 41.0 Å². The lowest BCUT2D eigenvalue weighted by atomic mass is 9.98. The summed E-state index contributed by atoms with van der Waals surface area (Å²) in [7, 11) is 0. The van der Waals surface area contributed by atoms with Gasteiger partial charge in [0.25, 0.3) is 5.56 Å². The van der Waals surface area contributed by atoms with Gasteiger partial charge in [-0.25, -0.2) is 4.99 Å². The van der Waals surface area contributed by atoms with Crippen molar-refractivity contribution in [1.29, 1.82) is 0 Å². The number of aliphatic imine (C=N–C) groups is 1. The van der Waals surface area contributed by atoms with Crippen molar-refractivity contribution >= 4 is 17.2 Å². The SMILES string of the molecule is O=c1c(-c2ccccc2)cc(C2=NCCO2)c2n1CCc1ccsc1-2. The summed E-state index contributed by atoms with van der Waals surface area (Å²) >= 11 is 1.68. The van der Waals surface area contributed by atoms with Gasteiger partial charge in [-0.1, -0.05) is 30.3 Å². The highest BCUT2D eigenvalue weighted by atomic mass is 32.1. The van der Waals surface area contributed by atoms with Gasteiger partial charge in [0.2, 0.25) is 5.90 Å². The molecule has 0 radical (unpaired) electrons. The van der Waals surface area contributed by atoms with Crippen LogP contribution >= 0.6 is 11.3 Å². The Kier molecular flexibility index (Phi) is 3.35. The number of rotatable bonds is 2. The number of hydrogen-bond donors (Lipinski definition) is 0. The number of nitrogens with zero attached hydrogens (tertiary/aromatic N) is 2. The number of ether oxygens (including phenoxy) is 1. The third-order valence-corrected chi connectivity index (χ3v) is 5.72. The molecule has 0 bridgehead atoms. The highest BCUT2D eigenvalue weighted by molar-refractivity contribution is 7.13. The Balaban J connectivity index is 1.84. The summed E-state index contributed by atoms with van der Waals surface area (Å²) in [5.41, 5.74) is 4.89. The zero-order valence-electron chi connectivity index (χ0n) is 13.6. The van der Waals surface area contributed by atoms with Crippen molar-refractivity contribution in [3.05, 3.63) is 69.3 Å². The maximum atomic E-state index is 13.2. The summed E-state index contributed by atoms with van der Waals surface area (Å²) in [5.74, 6) is 0.655. The lowest BCUT2D eigenvalue weighted by molar-refractivity contribution is 0.348. The number of fused-ring (bicyclic) bond motifs is 3. The molecule has 2 aromatic heterocycles. The average molecular weight is 348 g/mol. The molecule has 0 spiro atoms. The van der Waals surface area contributed by atoms with Crippen LogP contribution in [0.5, 0.6) is 0 Å². The minimum Gasteiger partial charge on any atom is -0.475 e. The van der Waals surface area contributed by atoms with Gasteiger partial charge in [-0.2, -0.15) is 0 Å². The van der Waals surface area contributed by atoms with Crippen molar-refractivity contribution in [2.24, 2.45) is 4.99 Å². The molecule has 0 fully saturated rings. The van der Waals surface area contributed by atoms with Gasteiger partial charge in [0.15, 0.2) is 0 Å². The van der Waals surface area contributed by atoms with Crippen molar-refractivity contribution in [3.8, 4) is 21.7 Å². The maximum absolute atomic E-state index is 13.2. The number of benzene rings is 1. The molecule has 5 heteroatoms. The molecule has 2 aliphatic rings. The van der Waals surface area contributed by atoms with E-state index in [2.05, 4.69) is 16.4 Å². The lowest BCUT2D eigenvalue weighted by Crippen LogP contribution is -2.29. The fourth-order valence-corrected chi connectivity index (χ4v) is 4.60. The first-order valence-corrected chi connectivity index (χ1v) is 9.28. The zero-order chi connectivity index (χ0) is 16.8. The summed E-state index contributed by atoms with van der Waals surface area (Å²) in [4.78, 5) is 18.9. The summed E-state index contributed by atoms with van der Waals surface area (Å²) in [6, 6.07) is 13.9. The summed E-state index contributed by atoms with van der Waals surface area (Å²) in [5, 5.41) is 2.09. The van der Waals surface area contributed by atoms with E-state index in [0.29, 0.717) is 31.2 Å². The van der Waals surface area contributed by atoms with E-state index in [0.717, 1.165) is 28.1 Å². The summed E-state index contributed by atoms with van der Waals surface area (Å²) in [6.45, 7) is 1.97. The van der Waals surface area contributed by atoms with E-state index in [4.69, 9.17) is 4.74 Å². The van der Waals surface area contributed by atoms with Crippen LogP contribution in [0.15, 0.2) is 57.6 Å². The normalized spacial score (nSPS) is 15.3. The van der Waals surface area contributed by atoms with Crippen LogP contribution in [0.4, 0.5) is 0 Å². The molecule has 5 rings (SSSR count). The Hall–Kier alpha value is -2.66. The van der Waals surface area contributed by atoms with E-state index in [1.165, 1.54) is 5.56 Å². The van der Waals surface area contributed by atoms with Crippen molar-refractivity contribution in [1.82, 2.24) is 4.57 Å². The van der Waals surface area contributed by atoms with E-state index >= 15 is 0 Å². The van der Waals surface area contributed by atoms with Crippen LogP contribution < -0.4 is 5.56 Å². The Morgan fingerprint density at radius 1 is 1.12 bits per heavy atom. The second-order valence-electron chi connectivity index (χ2n) is 6.20. The first-order chi connectivity index (χ1) is 12.3. The quantitative estimate of drug-likeness (QED) is 0.710. The third kappa shape index (κ3) is 2.27. The maximum Gasteiger partial charge on any atom is 0.258 e. The molecule has 0 amide bonds. The van der Waals surface area contributed by atoms with Gasteiger partial charge in [-0.15, -0.1) is 11.3 Å². The first kappa shape index (κ1) is 14.7. The Morgan fingerprint density at radius 2 is 2.00 bits per heavy atom. The Labute approximate surface area is 149 Å². The van der Waals surface area contributed by atoms with Gasteiger partial charge >= 0.3 is 0 Å². The molecule has 0 saturated carbocycles. The predicted octanol–water partition coefficient (Wildman–Crippen LogP) is 3.58. The molecule has 0 aliphatic carbocycles. The topological polar surface area (TPSA) is 43.6 Å². The van der Waals surface area contributed by atoms with Gasteiger partial charge in [0, 0.05) is 12.1 Å². The predicted molar refractivity (Wildman–Crippen MR) is 101 cm³/mol.